The zero-order valence-electron chi connectivity index (χ0n) is 21.7. The fourth-order valence-electron chi connectivity index (χ4n) is 4.22. The van der Waals surface area contributed by atoms with Crippen LogP contribution in [-0.2, 0) is 4.79 Å². The molecule has 4 rings (SSSR count). The summed E-state index contributed by atoms with van der Waals surface area (Å²) in [6.45, 7) is 6.41. The van der Waals surface area contributed by atoms with Crippen molar-refractivity contribution in [1.82, 2.24) is 14.7 Å². The van der Waals surface area contributed by atoms with Gasteiger partial charge < -0.3 is 10.2 Å². The number of unbranched alkanes of at least 4 members (excludes halogenated alkanes) is 1. The first-order valence-electron chi connectivity index (χ1n) is 12.5. The molecule has 4 aromatic rings. The van der Waals surface area contributed by atoms with Crippen molar-refractivity contribution in [3.05, 3.63) is 99.5 Å². The molecular formula is C30H30Cl2N4O2. The summed E-state index contributed by atoms with van der Waals surface area (Å²) >= 11 is 12.2. The molecule has 0 fully saturated rings. The molecule has 8 heteroatoms. The van der Waals surface area contributed by atoms with Crippen molar-refractivity contribution >= 4 is 40.8 Å². The van der Waals surface area contributed by atoms with Crippen molar-refractivity contribution in [3.8, 4) is 16.9 Å². The van der Waals surface area contributed by atoms with E-state index in [0.29, 0.717) is 28.0 Å². The molecule has 3 aromatic carbocycles. The molecule has 0 spiro atoms. The molecule has 0 saturated carbocycles. The first-order valence-corrected chi connectivity index (χ1v) is 13.3. The lowest BCUT2D eigenvalue weighted by Gasteiger charge is -2.22. The third-order valence-electron chi connectivity index (χ3n) is 6.20. The summed E-state index contributed by atoms with van der Waals surface area (Å²) in [5.41, 5.74) is 5.08. The second-order valence-electron chi connectivity index (χ2n) is 9.24. The van der Waals surface area contributed by atoms with Crippen molar-refractivity contribution in [2.45, 2.75) is 33.6 Å². The van der Waals surface area contributed by atoms with Crippen LogP contribution in [0.25, 0.3) is 16.9 Å². The highest BCUT2D eigenvalue weighted by Crippen LogP contribution is 2.27. The summed E-state index contributed by atoms with van der Waals surface area (Å²) in [4.78, 5) is 28.1. The molecule has 38 heavy (non-hydrogen) atoms. The highest BCUT2D eigenvalue weighted by atomic mass is 35.5. The monoisotopic (exact) mass is 548 g/mol. The average molecular weight is 550 g/mol. The van der Waals surface area contributed by atoms with Crippen LogP contribution < -0.4 is 5.32 Å². The number of nitrogens with zero attached hydrogens (tertiary/aromatic N) is 3. The Balaban J connectivity index is 1.63. The number of benzene rings is 3. The summed E-state index contributed by atoms with van der Waals surface area (Å²) in [6, 6.07) is 22.5. The first kappa shape index (κ1) is 27.4. The Morgan fingerprint density at radius 3 is 2.39 bits per heavy atom. The van der Waals surface area contributed by atoms with Gasteiger partial charge >= 0.3 is 0 Å². The molecule has 1 aromatic heterocycles. The van der Waals surface area contributed by atoms with Crippen LogP contribution >= 0.6 is 23.2 Å². The van der Waals surface area contributed by atoms with Gasteiger partial charge in [0.25, 0.3) is 5.91 Å². The molecule has 1 N–H and O–H groups in total. The number of aryl methyl sites for hydroxylation is 2. The number of carbonyl (C=O) groups is 2. The molecule has 0 aliphatic rings. The number of hydrogen-bond donors (Lipinski definition) is 1. The van der Waals surface area contributed by atoms with Crippen LogP contribution in [0.2, 0.25) is 10.0 Å². The van der Waals surface area contributed by atoms with Crippen molar-refractivity contribution < 1.29 is 9.59 Å². The maximum atomic E-state index is 13.3. The highest BCUT2D eigenvalue weighted by Gasteiger charge is 2.21. The van der Waals surface area contributed by atoms with Gasteiger partial charge in [0.1, 0.15) is 12.4 Å². The SMILES string of the molecule is CCCCN(CC(=O)Nc1cc(-c2ccccc2)nn1-c1ccc(C)cc1C)C(=O)c1ccc(Cl)c(Cl)c1. The predicted octanol–water partition coefficient (Wildman–Crippen LogP) is 7.34. The van der Waals surface area contributed by atoms with Gasteiger partial charge in [0.15, 0.2) is 0 Å². The lowest BCUT2D eigenvalue weighted by molar-refractivity contribution is -0.117. The molecule has 2 amide bonds. The van der Waals surface area contributed by atoms with Crippen LogP contribution in [0.15, 0.2) is 72.8 Å². The smallest absolute Gasteiger partial charge is 0.254 e. The van der Waals surface area contributed by atoms with E-state index >= 15 is 0 Å². The fraction of sp³-hybridized carbons (Fsp3) is 0.233. The lowest BCUT2D eigenvalue weighted by Crippen LogP contribution is -2.39. The van der Waals surface area contributed by atoms with Gasteiger partial charge in [-0.15, -0.1) is 0 Å². The average Bonchev–Trinajstić information content (AvgIpc) is 3.31. The number of hydrogen-bond acceptors (Lipinski definition) is 3. The van der Waals surface area contributed by atoms with Gasteiger partial charge in [-0.3, -0.25) is 9.59 Å². The largest absolute Gasteiger partial charge is 0.329 e. The number of amides is 2. The summed E-state index contributed by atoms with van der Waals surface area (Å²) in [5.74, 6) is -0.0710. The molecule has 0 saturated heterocycles. The zero-order valence-corrected chi connectivity index (χ0v) is 23.2. The van der Waals surface area contributed by atoms with E-state index in [4.69, 9.17) is 28.3 Å². The molecular weight excluding hydrogens is 519 g/mol. The quantitative estimate of drug-likeness (QED) is 0.238. The van der Waals surface area contributed by atoms with E-state index in [1.807, 2.05) is 69.3 Å². The van der Waals surface area contributed by atoms with Crippen molar-refractivity contribution in [2.75, 3.05) is 18.4 Å². The highest BCUT2D eigenvalue weighted by molar-refractivity contribution is 6.42. The normalized spacial score (nSPS) is 10.9. The van der Waals surface area contributed by atoms with E-state index in [-0.39, 0.29) is 18.4 Å². The van der Waals surface area contributed by atoms with Crippen LogP contribution in [0.3, 0.4) is 0 Å². The van der Waals surface area contributed by atoms with Gasteiger partial charge in [-0.1, -0.05) is 84.6 Å². The minimum atomic E-state index is -0.319. The summed E-state index contributed by atoms with van der Waals surface area (Å²) in [6.07, 6.45) is 1.64. The number of halogens is 2. The Morgan fingerprint density at radius 1 is 0.947 bits per heavy atom. The van der Waals surface area contributed by atoms with Crippen molar-refractivity contribution in [1.29, 1.82) is 0 Å². The van der Waals surface area contributed by atoms with Crippen molar-refractivity contribution in [3.63, 3.8) is 0 Å². The van der Waals surface area contributed by atoms with E-state index < -0.39 is 0 Å². The number of carbonyl (C=O) groups excluding carboxylic acids is 2. The molecule has 0 radical (unpaired) electrons. The third-order valence-corrected chi connectivity index (χ3v) is 6.94. The second kappa shape index (κ2) is 12.3. The predicted molar refractivity (Wildman–Crippen MR) is 154 cm³/mol. The topological polar surface area (TPSA) is 67.2 Å². The Hall–Kier alpha value is -3.61. The van der Waals surface area contributed by atoms with Crippen LogP contribution in [0.4, 0.5) is 5.82 Å². The van der Waals surface area contributed by atoms with Gasteiger partial charge in [-0.25, -0.2) is 4.68 Å². The Labute approximate surface area is 233 Å². The zero-order chi connectivity index (χ0) is 27.2. The molecule has 196 valence electrons. The molecule has 0 atom stereocenters. The molecule has 0 unspecified atom stereocenters. The number of rotatable bonds is 9. The van der Waals surface area contributed by atoms with Gasteiger partial charge in [0, 0.05) is 23.7 Å². The van der Waals surface area contributed by atoms with E-state index in [1.165, 1.54) is 11.0 Å². The van der Waals surface area contributed by atoms with Crippen LogP contribution in [0.1, 0.15) is 41.3 Å². The minimum absolute atomic E-state index is 0.113. The van der Waals surface area contributed by atoms with E-state index in [2.05, 4.69) is 11.4 Å². The summed E-state index contributed by atoms with van der Waals surface area (Å²) in [7, 11) is 0. The van der Waals surface area contributed by atoms with E-state index in [0.717, 1.165) is 40.9 Å². The Bertz CT molecular complexity index is 1450. The number of anilines is 1. The summed E-state index contributed by atoms with van der Waals surface area (Å²) in [5, 5.41) is 8.48. The van der Waals surface area contributed by atoms with Gasteiger partial charge in [0.05, 0.1) is 21.4 Å². The standard InChI is InChI=1S/C30H30Cl2N4O2/c1-4-5-15-35(30(38)23-12-13-24(31)25(32)17-23)19-29(37)33-28-18-26(22-9-7-6-8-10-22)34-36(28)27-14-11-20(2)16-21(27)3/h6-14,16-18H,4-5,15,19H2,1-3H3,(H,33,37). The maximum absolute atomic E-state index is 13.3. The lowest BCUT2D eigenvalue weighted by atomic mass is 10.1. The Morgan fingerprint density at radius 2 is 1.71 bits per heavy atom. The molecule has 0 bridgehead atoms. The molecule has 0 aliphatic carbocycles. The Kier molecular flexibility index (Phi) is 8.87. The first-order chi connectivity index (χ1) is 18.3. The fourth-order valence-corrected chi connectivity index (χ4v) is 4.51. The molecule has 0 aliphatic heterocycles. The molecule has 6 nitrogen and oxygen atoms in total. The third kappa shape index (κ3) is 6.44. The van der Waals surface area contributed by atoms with Crippen LogP contribution in [0.5, 0.6) is 0 Å². The number of aromatic nitrogens is 2. The maximum Gasteiger partial charge on any atom is 0.254 e. The van der Waals surface area contributed by atoms with Crippen LogP contribution in [0, 0.1) is 13.8 Å². The summed E-state index contributed by atoms with van der Waals surface area (Å²) < 4.78 is 1.74. The van der Waals surface area contributed by atoms with Gasteiger partial charge in [-0.2, -0.15) is 5.10 Å². The van der Waals surface area contributed by atoms with E-state index in [1.54, 1.807) is 16.8 Å². The van der Waals surface area contributed by atoms with E-state index in [9.17, 15) is 9.59 Å². The van der Waals surface area contributed by atoms with Crippen LogP contribution in [-0.4, -0.2) is 39.6 Å². The number of nitrogens with one attached hydrogen (secondary N) is 1. The van der Waals surface area contributed by atoms with Crippen molar-refractivity contribution in [2.24, 2.45) is 0 Å². The van der Waals surface area contributed by atoms with Gasteiger partial charge in [-0.05, 0) is 50.1 Å². The molecule has 1 heterocycles. The van der Waals surface area contributed by atoms with Gasteiger partial charge in [0.2, 0.25) is 5.91 Å². The minimum Gasteiger partial charge on any atom is -0.329 e. The second-order valence-corrected chi connectivity index (χ2v) is 10.1.